The zero-order valence-electron chi connectivity index (χ0n) is 24.2. The summed E-state index contributed by atoms with van der Waals surface area (Å²) in [6.45, 7) is 6.68. The van der Waals surface area contributed by atoms with Gasteiger partial charge in [0, 0.05) is 36.5 Å². The van der Waals surface area contributed by atoms with Crippen LogP contribution in [0.5, 0.6) is 5.88 Å². The third kappa shape index (κ3) is 6.31. The zero-order chi connectivity index (χ0) is 31.8. The second kappa shape index (κ2) is 11.5. The van der Waals surface area contributed by atoms with Crippen LogP contribution in [0.2, 0.25) is 0 Å². The van der Waals surface area contributed by atoms with Crippen LogP contribution in [0.3, 0.4) is 0 Å². The molecule has 0 aliphatic carbocycles. The maximum atomic E-state index is 13.2. The van der Waals surface area contributed by atoms with Gasteiger partial charge in [0.1, 0.15) is 5.58 Å². The number of rotatable bonds is 8. The lowest BCUT2D eigenvalue weighted by Gasteiger charge is -2.49. The lowest BCUT2D eigenvalue weighted by atomic mass is 9.92. The highest BCUT2D eigenvalue weighted by Crippen LogP contribution is 2.35. The monoisotopic (exact) mass is 610 g/mol. The third-order valence-corrected chi connectivity index (χ3v) is 7.17. The SMILES string of the molecule is COc1ccc(NC2(C)CN(c3cc(=O)c4cc(C)cc(C(C)Nc5ccccc5C(=O)OC(=O)C(F)(F)F)c4o3)C2)cn1. The molecule has 0 amide bonds. The van der Waals surface area contributed by atoms with Crippen molar-refractivity contribution in [1.29, 1.82) is 0 Å². The number of aryl methyl sites for hydroxylation is 1. The van der Waals surface area contributed by atoms with Crippen molar-refractivity contribution >= 4 is 40.2 Å². The quantitative estimate of drug-likeness (QED) is 0.192. The van der Waals surface area contributed by atoms with Crippen LogP contribution < -0.4 is 25.7 Å². The number of aromatic nitrogens is 1. The Balaban J connectivity index is 1.39. The Morgan fingerprint density at radius 1 is 1.11 bits per heavy atom. The van der Waals surface area contributed by atoms with Crippen LogP contribution in [0, 0.1) is 6.92 Å². The molecule has 13 heteroatoms. The highest BCUT2D eigenvalue weighted by atomic mass is 19.4. The number of carbonyl (C=O) groups excluding carboxylic acids is 2. The van der Waals surface area contributed by atoms with Crippen LogP contribution in [0.4, 0.5) is 30.4 Å². The number of nitrogens with one attached hydrogen (secondary N) is 2. The van der Waals surface area contributed by atoms with E-state index in [-0.39, 0.29) is 22.2 Å². The normalized spacial score (nSPS) is 14.8. The molecule has 2 aromatic heterocycles. The van der Waals surface area contributed by atoms with Crippen molar-refractivity contribution in [3.05, 3.63) is 87.7 Å². The molecule has 0 saturated carbocycles. The minimum atomic E-state index is -5.32. The van der Waals surface area contributed by atoms with E-state index >= 15 is 0 Å². The van der Waals surface area contributed by atoms with Crippen molar-refractivity contribution in [3.63, 3.8) is 0 Å². The number of pyridine rings is 1. The fourth-order valence-corrected chi connectivity index (χ4v) is 5.15. The highest BCUT2D eigenvalue weighted by Gasteiger charge is 2.43. The molecule has 2 aromatic carbocycles. The predicted octanol–water partition coefficient (Wildman–Crippen LogP) is 5.61. The number of hydrogen-bond acceptors (Lipinski definition) is 10. The Morgan fingerprint density at radius 2 is 1.84 bits per heavy atom. The number of carbonyl (C=O) groups is 2. The summed E-state index contributed by atoms with van der Waals surface area (Å²) in [5.41, 5.74) is 1.80. The summed E-state index contributed by atoms with van der Waals surface area (Å²) < 4.78 is 53.5. The second-order valence-electron chi connectivity index (χ2n) is 10.9. The number of para-hydroxylation sites is 1. The largest absolute Gasteiger partial charge is 0.491 e. The average molecular weight is 611 g/mol. The maximum absolute atomic E-state index is 13.2. The maximum Gasteiger partial charge on any atom is 0.491 e. The summed E-state index contributed by atoms with van der Waals surface area (Å²) in [5, 5.41) is 6.89. The van der Waals surface area contributed by atoms with Gasteiger partial charge < -0.3 is 29.4 Å². The Labute approximate surface area is 249 Å². The summed E-state index contributed by atoms with van der Waals surface area (Å²) in [5.74, 6) is -3.18. The van der Waals surface area contributed by atoms with E-state index in [0.717, 1.165) is 11.3 Å². The van der Waals surface area contributed by atoms with Gasteiger partial charge in [-0.3, -0.25) is 4.79 Å². The number of esters is 2. The van der Waals surface area contributed by atoms with Crippen molar-refractivity contribution in [2.75, 3.05) is 35.7 Å². The molecule has 4 aromatic rings. The number of alkyl halides is 3. The van der Waals surface area contributed by atoms with Crippen molar-refractivity contribution in [1.82, 2.24) is 4.98 Å². The molecule has 1 aliphatic rings. The van der Waals surface area contributed by atoms with Gasteiger partial charge in [-0.25, -0.2) is 14.6 Å². The molecule has 0 spiro atoms. The van der Waals surface area contributed by atoms with E-state index < -0.39 is 24.2 Å². The molecule has 10 nitrogen and oxygen atoms in total. The number of halogens is 3. The van der Waals surface area contributed by atoms with Crippen LogP contribution >= 0.6 is 0 Å². The van der Waals surface area contributed by atoms with Gasteiger partial charge in [-0.15, -0.1) is 0 Å². The number of benzene rings is 2. The number of fused-ring (bicyclic) bond motifs is 1. The summed E-state index contributed by atoms with van der Waals surface area (Å²) in [7, 11) is 1.54. The Bertz CT molecular complexity index is 1780. The zero-order valence-corrected chi connectivity index (χ0v) is 24.2. The molecule has 0 radical (unpaired) electrons. The van der Waals surface area contributed by atoms with E-state index in [1.54, 1.807) is 38.4 Å². The van der Waals surface area contributed by atoms with Gasteiger partial charge in [-0.2, -0.15) is 13.2 Å². The molecule has 5 rings (SSSR count). The molecule has 3 heterocycles. The molecule has 44 heavy (non-hydrogen) atoms. The van der Waals surface area contributed by atoms with Gasteiger partial charge in [0.05, 0.1) is 41.5 Å². The summed E-state index contributed by atoms with van der Waals surface area (Å²) in [6.07, 6.45) is -3.64. The molecule has 2 N–H and O–H groups in total. The van der Waals surface area contributed by atoms with Gasteiger partial charge in [-0.05, 0) is 50.6 Å². The van der Waals surface area contributed by atoms with E-state index in [1.165, 1.54) is 24.3 Å². The van der Waals surface area contributed by atoms with Gasteiger partial charge in [0.25, 0.3) is 0 Å². The van der Waals surface area contributed by atoms with E-state index in [9.17, 15) is 27.6 Å². The van der Waals surface area contributed by atoms with Crippen LogP contribution in [-0.4, -0.2) is 48.8 Å². The van der Waals surface area contributed by atoms with Gasteiger partial charge in [-0.1, -0.05) is 18.2 Å². The Kier molecular flexibility index (Phi) is 7.98. The lowest BCUT2D eigenvalue weighted by molar-refractivity contribution is -0.193. The first-order valence-electron chi connectivity index (χ1n) is 13.6. The van der Waals surface area contributed by atoms with Crippen molar-refractivity contribution in [2.45, 2.75) is 38.5 Å². The highest BCUT2D eigenvalue weighted by molar-refractivity contribution is 6.02. The minimum Gasteiger partial charge on any atom is -0.481 e. The van der Waals surface area contributed by atoms with E-state index in [0.29, 0.717) is 41.4 Å². The molecular weight excluding hydrogens is 581 g/mol. The predicted molar refractivity (Wildman–Crippen MR) is 157 cm³/mol. The molecule has 1 fully saturated rings. The lowest BCUT2D eigenvalue weighted by Crippen LogP contribution is -2.64. The van der Waals surface area contributed by atoms with Gasteiger partial charge in [0.15, 0.2) is 11.3 Å². The fraction of sp³-hybridized carbons (Fsp3) is 0.290. The van der Waals surface area contributed by atoms with Gasteiger partial charge in [0.2, 0.25) is 5.88 Å². The Hall–Kier alpha value is -5.07. The summed E-state index contributed by atoms with van der Waals surface area (Å²) >= 11 is 0. The van der Waals surface area contributed by atoms with Crippen LogP contribution in [0.1, 0.15) is 41.4 Å². The molecule has 0 bridgehead atoms. The third-order valence-electron chi connectivity index (χ3n) is 7.17. The number of methoxy groups -OCH3 is 1. The number of ether oxygens (including phenoxy) is 2. The number of anilines is 3. The summed E-state index contributed by atoms with van der Waals surface area (Å²) in [4.78, 5) is 43.1. The second-order valence-corrected chi connectivity index (χ2v) is 10.9. The standard InChI is InChI=1S/C31H29F3N4O6/c1-17-11-21(18(2)36-23-8-6-5-7-20(23)28(40)44-29(41)31(32,33)34)27-22(12-17)24(39)13-26(43-27)38-15-30(3,16-38)37-19-9-10-25(42-4)35-14-19/h5-14,18,36-37H,15-16H2,1-4H3. The molecule has 230 valence electrons. The molecule has 1 unspecified atom stereocenters. The van der Waals surface area contributed by atoms with Crippen molar-refractivity contribution < 1.29 is 36.7 Å². The molecule has 1 atom stereocenters. The van der Waals surface area contributed by atoms with Crippen LogP contribution in [0.25, 0.3) is 11.0 Å². The molecular formula is C31H29F3N4O6. The summed E-state index contributed by atoms with van der Waals surface area (Å²) in [6, 6.07) is 13.7. The number of nitrogens with zero attached hydrogens (tertiary/aromatic N) is 2. The van der Waals surface area contributed by atoms with E-state index in [2.05, 4.69) is 20.4 Å². The number of hydrogen-bond donors (Lipinski definition) is 2. The Morgan fingerprint density at radius 3 is 2.50 bits per heavy atom. The fourth-order valence-electron chi connectivity index (χ4n) is 5.15. The van der Waals surface area contributed by atoms with Crippen LogP contribution in [0.15, 0.2) is 70.0 Å². The van der Waals surface area contributed by atoms with Crippen LogP contribution in [-0.2, 0) is 9.53 Å². The van der Waals surface area contributed by atoms with Gasteiger partial charge >= 0.3 is 18.1 Å². The van der Waals surface area contributed by atoms with E-state index in [1.807, 2.05) is 30.9 Å². The first-order chi connectivity index (χ1) is 20.8. The topological polar surface area (TPSA) is 123 Å². The smallest absolute Gasteiger partial charge is 0.481 e. The minimum absolute atomic E-state index is 0.130. The average Bonchev–Trinajstić information content (AvgIpc) is 2.95. The van der Waals surface area contributed by atoms with E-state index in [4.69, 9.17) is 9.15 Å². The van der Waals surface area contributed by atoms with Crippen molar-refractivity contribution in [3.8, 4) is 5.88 Å². The molecule has 1 saturated heterocycles. The molecule has 1 aliphatic heterocycles. The first kappa shape index (κ1) is 30.4. The first-order valence-corrected chi connectivity index (χ1v) is 13.6. The van der Waals surface area contributed by atoms with Crippen molar-refractivity contribution in [2.24, 2.45) is 0 Å².